The molecule has 0 saturated carbocycles. The number of quaternary nitrogens is 3. The van der Waals surface area contributed by atoms with Gasteiger partial charge in [0.25, 0.3) is 0 Å². The molecule has 0 aromatic heterocycles. The molecular weight excluding hydrogens is 698 g/mol. The fourth-order valence-corrected chi connectivity index (χ4v) is 7.93. The Hall–Kier alpha value is 0.190. The summed E-state index contributed by atoms with van der Waals surface area (Å²) in [5.41, 5.74) is 0. The molecule has 0 aliphatic heterocycles. The van der Waals surface area contributed by atoms with Gasteiger partial charge in [-0.3, -0.25) is 0 Å². The fourth-order valence-electron chi connectivity index (χ4n) is 7.93. The summed E-state index contributed by atoms with van der Waals surface area (Å²) in [6.07, 6.45) is 33.2. The van der Waals surface area contributed by atoms with Crippen molar-refractivity contribution in [2.45, 2.75) is 237 Å². The van der Waals surface area contributed by atoms with Crippen LogP contribution < -0.4 is 14.7 Å². The van der Waals surface area contributed by atoms with E-state index in [1.807, 2.05) is 0 Å². The maximum absolute atomic E-state index is 8.48. The highest BCUT2D eigenvalue weighted by molar-refractivity contribution is 7.33. The number of unbranched alkanes of at least 4 members (excludes halogenated alkanes) is 12. The van der Waals surface area contributed by atoms with Crippen molar-refractivity contribution in [3.05, 3.63) is 0 Å². The topological polar surface area (TPSA) is 69.2 Å². The summed E-state index contributed by atoms with van der Waals surface area (Å²) in [7, 11) is -3.37. The second-order valence-electron chi connectivity index (χ2n) is 17.2. The first-order valence-corrected chi connectivity index (χ1v) is 25.9. The SMILES string of the molecule is CCCC[N+](CCCC)(CCCC)CCCC.CCCC[N+](CCCC)(CCCC)CCCC.CCCC[N+](CCCC)(CCCC)CCCC.[O-]P([O-])[O-]. The third kappa shape index (κ3) is 40.7. The average molecular weight is 806 g/mol. The summed E-state index contributed by atoms with van der Waals surface area (Å²) < 4.78 is 4.26. The summed E-state index contributed by atoms with van der Waals surface area (Å²) in [6.45, 7) is 45.1. The van der Waals surface area contributed by atoms with Crippen LogP contribution in [0.1, 0.15) is 237 Å². The van der Waals surface area contributed by atoms with E-state index in [0.717, 1.165) is 0 Å². The van der Waals surface area contributed by atoms with Gasteiger partial charge in [-0.25, -0.2) is 0 Å². The number of hydrogen-bond acceptors (Lipinski definition) is 3. The van der Waals surface area contributed by atoms with Crippen molar-refractivity contribution in [3.8, 4) is 0 Å². The molecule has 338 valence electrons. The molecule has 55 heavy (non-hydrogen) atoms. The van der Waals surface area contributed by atoms with E-state index in [2.05, 4.69) is 83.1 Å². The van der Waals surface area contributed by atoms with Gasteiger partial charge >= 0.3 is 0 Å². The molecule has 6 nitrogen and oxygen atoms in total. The van der Waals surface area contributed by atoms with Crippen LogP contribution in [0.5, 0.6) is 0 Å². The van der Waals surface area contributed by atoms with Crippen LogP contribution >= 0.6 is 8.60 Å². The Bertz CT molecular complexity index is 496. The molecule has 0 N–H and O–H groups in total. The quantitative estimate of drug-likeness (QED) is 0.0468. The molecule has 0 aromatic rings. The summed E-state index contributed by atoms with van der Waals surface area (Å²) >= 11 is 0. The van der Waals surface area contributed by atoms with Crippen LogP contribution in [0.15, 0.2) is 0 Å². The Morgan fingerprint density at radius 2 is 0.291 bits per heavy atom. The van der Waals surface area contributed by atoms with E-state index >= 15 is 0 Å². The molecule has 0 aliphatic rings. The summed E-state index contributed by atoms with van der Waals surface area (Å²) in [5, 5.41) is 0. The molecule has 0 aliphatic carbocycles. The Labute approximate surface area is 351 Å². The van der Waals surface area contributed by atoms with E-state index < -0.39 is 8.60 Å². The predicted molar refractivity (Wildman–Crippen MR) is 245 cm³/mol. The first-order valence-electron chi connectivity index (χ1n) is 24.8. The normalized spacial score (nSPS) is 11.8. The number of rotatable bonds is 36. The lowest BCUT2D eigenvalue weighted by molar-refractivity contribution is -0.929. The van der Waals surface area contributed by atoms with E-state index in [9.17, 15) is 0 Å². The van der Waals surface area contributed by atoms with Gasteiger partial charge in [-0.15, -0.1) is 0 Å². The van der Waals surface area contributed by atoms with E-state index in [1.54, 1.807) is 0 Å². The lowest BCUT2D eigenvalue weighted by Gasteiger charge is -2.39. The zero-order valence-electron chi connectivity index (χ0n) is 40.5. The van der Waals surface area contributed by atoms with Crippen LogP contribution in [0, 0.1) is 0 Å². The maximum Gasteiger partial charge on any atom is 0.0786 e. The smallest absolute Gasteiger partial charge is 0.0786 e. The van der Waals surface area contributed by atoms with Crippen LogP contribution in [0.4, 0.5) is 0 Å². The molecular formula is C48H108N3O3P. The largest absolute Gasteiger partial charge is 0.854 e. The standard InChI is InChI=1S/3C16H36N.O3P/c3*1-5-9-13-17(14-10-6-2,15-11-7-3)16-12-8-4;1-4(2)3/h3*5-16H2,1-4H3;/q3*+1;-3. The zero-order valence-corrected chi connectivity index (χ0v) is 41.4. The number of nitrogens with zero attached hydrogens (tertiary/aromatic N) is 3. The van der Waals surface area contributed by atoms with Crippen molar-refractivity contribution in [1.82, 2.24) is 0 Å². The van der Waals surface area contributed by atoms with E-state index in [-0.39, 0.29) is 0 Å². The van der Waals surface area contributed by atoms with Crippen LogP contribution in [0.2, 0.25) is 0 Å². The minimum Gasteiger partial charge on any atom is -0.854 e. The second-order valence-corrected chi connectivity index (χ2v) is 17.6. The van der Waals surface area contributed by atoms with Crippen molar-refractivity contribution in [3.63, 3.8) is 0 Å². The molecule has 0 amide bonds. The first kappa shape index (κ1) is 61.8. The number of hydrogen-bond donors (Lipinski definition) is 0. The maximum atomic E-state index is 8.48. The Morgan fingerprint density at radius 3 is 0.345 bits per heavy atom. The molecule has 0 rings (SSSR count). The lowest BCUT2D eigenvalue weighted by Crippen LogP contribution is -2.50. The Kier molecular flexibility index (Phi) is 52.7. The molecule has 0 spiro atoms. The third-order valence-electron chi connectivity index (χ3n) is 11.8. The Morgan fingerprint density at radius 1 is 0.218 bits per heavy atom. The highest BCUT2D eigenvalue weighted by Gasteiger charge is 2.26. The monoisotopic (exact) mass is 806 g/mol. The third-order valence-corrected chi connectivity index (χ3v) is 11.8. The second kappa shape index (κ2) is 46.9. The van der Waals surface area contributed by atoms with Crippen LogP contribution in [0.25, 0.3) is 0 Å². The minimum atomic E-state index is -3.37. The molecule has 0 saturated heterocycles. The zero-order chi connectivity index (χ0) is 42.5. The minimum absolute atomic E-state index is 1.35. The van der Waals surface area contributed by atoms with Crippen molar-refractivity contribution in [2.24, 2.45) is 0 Å². The van der Waals surface area contributed by atoms with Gasteiger partial charge in [0.05, 0.1) is 78.5 Å². The van der Waals surface area contributed by atoms with Gasteiger partial charge in [0.2, 0.25) is 0 Å². The predicted octanol–water partition coefficient (Wildman–Crippen LogP) is 12.3. The lowest BCUT2D eigenvalue weighted by atomic mass is 10.1. The van der Waals surface area contributed by atoms with Gasteiger partial charge in [-0.05, 0) is 77.0 Å². The molecule has 0 fully saturated rings. The molecule has 7 heteroatoms. The van der Waals surface area contributed by atoms with Crippen molar-refractivity contribution < 1.29 is 28.1 Å². The van der Waals surface area contributed by atoms with Crippen LogP contribution in [0.3, 0.4) is 0 Å². The van der Waals surface area contributed by atoms with Gasteiger partial charge in [0, 0.05) is 0 Å². The van der Waals surface area contributed by atoms with Gasteiger partial charge in [0.15, 0.2) is 0 Å². The van der Waals surface area contributed by atoms with Crippen molar-refractivity contribution >= 4 is 8.60 Å². The first-order chi connectivity index (χ1) is 26.5. The summed E-state index contributed by atoms with van der Waals surface area (Å²) in [6, 6.07) is 0. The van der Waals surface area contributed by atoms with Gasteiger partial charge in [-0.2, -0.15) is 0 Å². The fraction of sp³-hybridized carbons (Fsp3) is 1.00. The van der Waals surface area contributed by atoms with Crippen molar-refractivity contribution in [1.29, 1.82) is 0 Å². The van der Waals surface area contributed by atoms with E-state index in [0.29, 0.717) is 0 Å². The summed E-state index contributed by atoms with van der Waals surface area (Å²) in [4.78, 5) is 25.4. The van der Waals surface area contributed by atoms with Crippen molar-refractivity contribution in [2.75, 3.05) is 78.5 Å². The molecule has 0 bridgehead atoms. The van der Waals surface area contributed by atoms with E-state index in [4.69, 9.17) is 14.7 Å². The molecule has 0 aromatic carbocycles. The van der Waals surface area contributed by atoms with Gasteiger partial charge < -0.3 is 36.7 Å². The highest BCUT2D eigenvalue weighted by atomic mass is 31.2. The van der Waals surface area contributed by atoms with Crippen LogP contribution in [-0.2, 0) is 0 Å². The molecule has 0 radical (unpaired) electrons. The van der Waals surface area contributed by atoms with Crippen LogP contribution in [-0.4, -0.2) is 92.0 Å². The van der Waals surface area contributed by atoms with Gasteiger partial charge in [0.1, 0.15) is 0 Å². The molecule has 0 heterocycles. The highest BCUT2D eigenvalue weighted by Crippen LogP contribution is 2.19. The van der Waals surface area contributed by atoms with Gasteiger partial charge in [-0.1, -0.05) is 160 Å². The van der Waals surface area contributed by atoms with E-state index in [1.165, 1.54) is 246 Å². The Balaban J connectivity index is -0.000000337. The summed E-state index contributed by atoms with van der Waals surface area (Å²) in [5.74, 6) is 0. The molecule has 0 unspecified atom stereocenters. The average Bonchev–Trinajstić information content (AvgIpc) is 3.19. The molecule has 0 atom stereocenters.